The van der Waals surface area contributed by atoms with Crippen LogP contribution in [0.4, 0.5) is 0 Å². The SMILES string of the molecule is COc1ccc(/C=C(\C#N)C(=O)O[C@@H](C)C(=O)N(C)C)cc1. The zero-order chi connectivity index (χ0) is 16.7. The van der Waals surface area contributed by atoms with Crippen LogP contribution in [0, 0.1) is 11.3 Å². The van der Waals surface area contributed by atoms with Gasteiger partial charge in [-0.05, 0) is 30.7 Å². The third-order valence-electron chi connectivity index (χ3n) is 2.84. The summed E-state index contributed by atoms with van der Waals surface area (Å²) in [5.41, 5.74) is 0.476. The van der Waals surface area contributed by atoms with E-state index in [4.69, 9.17) is 14.7 Å². The molecule has 1 atom stereocenters. The van der Waals surface area contributed by atoms with Gasteiger partial charge in [0.15, 0.2) is 6.10 Å². The zero-order valence-electron chi connectivity index (χ0n) is 13.0. The third kappa shape index (κ3) is 4.63. The molecule has 0 N–H and O–H groups in total. The first-order valence-electron chi connectivity index (χ1n) is 6.57. The number of carbonyl (C=O) groups is 2. The predicted octanol–water partition coefficient (Wildman–Crippen LogP) is 1.62. The Morgan fingerprint density at radius 1 is 1.27 bits per heavy atom. The van der Waals surface area contributed by atoms with E-state index in [1.54, 1.807) is 51.5 Å². The Labute approximate surface area is 129 Å². The van der Waals surface area contributed by atoms with Gasteiger partial charge in [-0.2, -0.15) is 5.26 Å². The molecule has 0 spiro atoms. The molecule has 0 aliphatic rings. The molecule has 0 radical (unpaired) electrons. The van der Waals surface area contributed by atoms with Crippen molar-refractivity contribution in [2.24, 2.45) is 0 Å². The molecule has 0 saturated heterocycles. The highest BCUT2D eigenvalue weighted by atomic mass is 16.5. The van der Waals surface area contributed by atoms with Crippen molar-refractivity contribution in [1.29, 1.82) is 5.26 Å². The number of methoxy groups -OCH3 is 1. The number of benzene rings is 1. The summed E-state index contributed by atoms with van der Waals surface area (Å²) < 4.78 is 10.0. The number of hydrogen-bond donors (Lipinski definition) is 0. The van der Waals surface area contributed by atoms with Crippen molar-refractivity contribution in [3.63, 3.8) is 0 Å². The van der Waals surface area contributed by atoms with Gasteiger partial charge in [-0.1, -0.05) is 12.1 Å². The Morgan fingerprint density at radius 2 is 1.86 bits per heavy atom. The summed E-state index contributed by atoms with van der Waals surface area (Å²) in [5.74, 6) is -0.514. The second-order valence-electron chi connectivity index (χ2n) is 4.72. The molecule has 0 fully saturated rings. The fraction of sp³-hybridized carbons (Fsp3) is 0.312. The van der Waals surface area contributed by atoms with Gasteiger partial charge in [0.25, 0.3) is 5.91 Å². The molecule has 0 heterocycles. The maximum Gasteiger partial charge on any atom is 0.349 e. The van der Waals surface area contributed by atoms with E-state index >= 15 is 0 Å². The molecular weight excluding hydrogens is 284 g/mol. The number of rotatable bonds is 5. The lowest BCUT2D eigenvalue weighted by atomic mass is 10.1. The van der Waals surface area contributed by atoms with Crippen molar-refractivity contribution >= 4 is 18.0 Å². The first-order valence-corrected chi connectivity index (χ1v) is 6.57. The standard InChI is InChI=1S/C16H18N2O4/c1-11(15(19)18(2)3)22-16(20)13(10-17)9-12-5-7-14(21-4)8-6-12/h5-9,11H,1-4H3/b13-9+/t11-/m0/s1. The van der Waals surface area contributed by atoms with Crippen LogP contribution in [0.3, 0.4) is 0 Å². The van der Waals surface area contributed by atoms with Crippen LogP contribution in [0.5, 0.6) is 5.75 Å². The van der Waals surface area contributed by atoms with Gasteiger partial charge >= 0.3 is 5.97 Å². The van der Waals surface area contributed by atoms with Crippen molar-refractivity contribution < 1.29 is 19.1 Å². The summed E-state index contributed by atoms with van der Waals surface area (Å²) in [4.78, 5) is 24.9. The molecule has 1 aromatic rings. The van der Waals surface area contributed by atoms with E-state index in [1.165, 1.54) is 17.9 Å². The Morgan fingerprint density at radius 3 is 2.32 bits per heavy atom. The van der Waals surface area contributed by atoms with Gasteiger partial charge in [0.05, 0.1) is 7.11 Å². The molecule has 1 aromatic carbocycles. The number of carbonyl (C=O) groups excluding carboxylic acids is 2. The molecule has 0 aliphatic carbocycles. The van der Waals surface area contributed by atoms with Crippen LogP contribution in [-0.2, 0) is 14.3 Å². The summed E-state index contributed by atoms with van der Waals surface area (Å²) in [6, 6.07) is 8.62. The minimum atomic E-state index is -0.949. The van der Waals surface area contributed by atoms with Gasteiger partial charge in [-0.3, -0.25) is 4.79 Å². The van der Waals surface area contributed by atoms with Crippen molar-refractivity contribution in [3.05, 3.63) is 35.4 Å². The largest absolute Gasteiger partial charge is 0.497 e. The molecule has 0 bridgehead atoms. The minimum Gasteiger partial charge on any atom is -0.497 e. The summed E-state index contributed by atoms with van der Waals surface area (Å²) in [7, 11) is 4.67. The van der Waals surface area contributed by atoms with Crippen LogP contribution in [-0.4, -0.2) is 44.1 Å². The van der Waals surface area contributed by atoms with Crippen molar-refractivity contribution in [3.8, 4) is 11.8 Å². The van der Waals surface area contributed by atoms with E-state index in [0.29, 0.717) is 11.3 Å². The molecule has 6 heteroatoms. The lowest BCUT2D eigenvalue weighted by molar-refractivity contribution is -0.154. The molecule has 0 unspecified atom stereocenters. The van der Waals surface area contributed by atoms with E-state index in [2.05, 4.69) is 0 Å². The highest BCUT2D eigenvalue weighted by Crippen LogP contribution is 2.14. The van der Waals surface area contributed by atoms with Gasteiger partial charge in [0, 0.05) is 14.1 Å². The Hall–Kier alpha value is -2.81. The van der Waals surface area contributed by atoms with Gasteiger partial charge in [-0.15, -0.1) is 0 Å². The van der Waals surface area contributed by atoms with Crippen molar-refractivity contribution in [2.75, 3.05) is 21.2 Å². The van der Waals surface area contributed by atoms with E-state index in [1.807, 2.05) is 0 Å². The molecule has 116 valence electrons. The first kappa shape index (κ1) is 17.2. The summed E-state index contributed by atoms with van der Waals surface area (Å²) in [5, 5.41) is 9.08. The lowest BCUT2D eigenvalue weighted by Gasteiger charge is -2.16. The van der Waals surface area contributed by atoms with Crippen LogP contribution in [0.25, 0.3) is 6.08 Å². The molecule has 1 rings (SSSR count). The van der Waals surface area contributed by atoms with Gasteiger partial charge in [0.1, 0.15) is 17.4 Å². The van der Waals surface area contributed by atoms with Gasteiger partial charge in [-0.25, -0.2) is 4.79 Å². The second-order valence-corrected chi connectivity index (χ2v) is 4.72. The van der Waals surface area contributed by atoms with E-state index in [0.717, 1.165) is 0 Å². The number of nitriles is 1. The highest BCUT2D eigenvalue weighted by molar-refractivity contribution is 5.99. The van der Waals surface area contributed by atoms with E-state index in [9.17, 15) is 9.59 Å². The normalized spacial score (nSPS) is 12.0. The lowest BCUT2D eigenvalue weighted by Crippen LogP contribution is -2.35. The average molecular weight is 302 g/mol. The maximum absolute atomic E-state index is 11.9. The van der Waals surface area contributed by atoms with Gasteiger partial charge in [0.2, 0.25) is 0 Å². The molecule has 0 aromatic heterocycles. The second kappa shape index (κ2) is 7.84. The van der Waals surface area contributed by atoms with Crippen LogP contribution in [0.2, 0.25) is 0 Å². The summed E-state index contributed by atoms with van der Waals surface area (Å²) >= 11 is 0. The Balaban J connectivity index is 2.86. The van der Waals surface area contributed by atoms with Crippen LogP contribution < -0.4 is 4.74 Å². The summed E-state index contributed by atoms with van der Waals surface area (Å²) in [6.45, 7) is 1.46. The Bertz CT molecular complexity index is 612. The van der Waals surface area contributed by atoms with Crippen LogP contribution in [0.1, 0.15) is 12.5 Å². The highest BCUT2D eigenvalue weighted by Gasteiger charge is 2.21. The summed E-state index contributed by atoms with van der Waals surface area (Å²) in [6.07, 6.45) is 0.448. The topological polar surface area (TPSA) is 79.6 Å². The number of esters is 1. The first-order chi connectivity index (χ1) is 10.4. The minimum absolute atomic E-state index is 0.177. The maximum atomic E-state index is 11.9. The number of amides is 1. The number of ether oxygens (including phenoxy) is 2. The molecule has 6 nitrogen and oxygen atoms in total. The molecule has 0 aliphatic heterocycles. The third-order valence-corrected chi connectivity index (χ3v) is 2.84. The predicted molar refractivity (Wildman–Crippen MR) is 80.8 cm³/mol. The molecule has 1 amide bonds. The number of nitrogens with zero attached hydrogens (tertiary/aromatic N) is 2. The van der Waals surface area contributed by atoms with Crippen LogP contribution in [0.15, 0.2) is 29.8 Å². The molecule has 22 heavy (non-hydrogen) atoms. The average Bonchev–Trinajstić information content (AvgIpc) is 2.51. The fourth-order valence-electron chi connectivity index (χ4n) is 1.64. The smallest absolute Gasteiger partial charge is 0.349 e. The van der Waals surface area contributed by atoms with Crippen LogP contribution >= 0.6 is 0 Å². The van der Waals surface area contributed by atoms with E-state index in [-0.39, 0.29) is 11.5 Å². The quantitative estimate of drug-likeness (QED) is 0.469. The number of likely N-dealkylation sites (N-methyl/N-ethyl adjacent to an activating group) is 1. The van der Waals surface area contributed by atoms with Gasteiger partial charge < -0.3 is 14.4 Å². The van der Waals surface area contributed by atoms with Crippen molar-refractivity contribution in [2.45, 2.75) is 13.0 Å². The fourth-order valence-corrected chi connectivity index (χ4v) is 1.64. The molecular formula is C16H18N2O4. The number of hydrogen-bond acceptors (Lipinski definition) is 5. The molecule has 0 saturated carbocycles. The van der Waals surface area contributed by atoms with E-state index < -0.39 is 12.1 Å². The zero-order valence-corrected chi connectivity index (χ0v) is 13.0. The Kier molecular flexibility index (Phi) is 6.14. The van der Waals surface area contributed by atoms with Crippen molar-refractivity contribution in [1.82, 2.24) is 4.90 Å². The monoisotopic (exact) mass is 302 g/mol.